The van der Waals surface area contributed by atoms with E-state index in [2.05, 4.69) is 11.7 Å². The molecule has 0 radical (unpaired) electrons. The van der Waals surface area contributed by atoms with Crippen LogP contribution in [-0.4, -0.2) is 14.9 Å². The van der Waals surface area contributed by atoms with Gasteiger partial charge in [0.2, 0.25) is 0 Å². The molecule has 0 spiro atoms. The monoisotopic (exact) mass is 166 g/mol. The van der Waals surface area contributed by atoms with Crippen molar-refractivity contribution in [2.75, 3.05) is 0 Å². The molecule has 3 heteroatoms. The fourth-order valence-corrected chi connectivity index (χ4v) is 1.03. The van der Waals surface area contributed by atoms with Crippen LogP contribution in [0, 0.1) is 0 Å². The van der Waals surface area contributed by atoms with Crippen LogP contribution >= 0.6 is 0 Å². The molecule has 0 aliphatic heterocycles. The van der Waals surface area contributed by atoms with Gasteiger partial charge in [0, 0.05) is 13.2 Å². The second-order valence-electron chi connectivity index (χ2n) is 2.80. The van der Waals surface area contributed by atoms with E-state index < -0.39 is 6.10 Å². The molecule has 0 amide bonds. The highest BCUT2D eigenvalue weighted by Gasteiger charge is 2.08. The average Bonchev–Trinajstić information content (AvgIpc) is 2.47. The van der Waals surface area contributed by atoms with Crippen molar-refractivity contribution in [3.63, 3.8) is 0 Å². The lowest BCUT2D eigenvalue weighted by Gasteiger charge is -2.04. The summed E-state index contributed by atoms with van der Waals surface area (Å²) in [6.45, 7) is 3.59. The molecule has 0 saturated carbocycles. The van der Waals surface area contributed by atoms with Crippen molar-refractivity contribution in [3.05, 3.63) is 30.6 Å². The number of aromatic nitrogens is 2. The van der Waals surface area contributed by atoms with Crippen LogP contribution < -0.4 is 0 Å². The number of hydrogen-bond acceptors (Lipinski definition) is 2. The van der Waals surface area contributed by atoms with Gasteiger partial charge < -0.3 is 5.11 Å². The summed E-state index contributed by atoms with van der Waals surface area (Å²) in [5.74, 6) is 0. The fraction of sp³-hybridized carbons (Fsp3) is 0.444. The van der Waals surface area contributed by atoms with Gasteiger partial charge in [0.15, 0.2) is 0 Å². The van der Waals surface area contributed by atoms with Crippen LogP contribution in [-0.2, 0) is 7.05 Å². The second kappa shape index (κ2) is 4.07. The van der Waals surface area contributed by atoms with Crippen LogP contribution in [0.1, 0.15) is 24.6 Å². The summed E-state index contributed by atoms with van der Waals surface area (Å²) in [6, 6.07) is 1.83. The van der Waals surface area contributed by atoms with Crippen LogP contribution in [0.15, 0.2) is 24.9 Å². The molecule has 1 aromatic heterocycles. The SMILES string of the molecule is C=CCCC(O)c1ccn(C)n1. The highest BCUT2D eigenvalue weighted by atomic mass is 16.3. The number of allylic oxidation sites excluding steroid dienone is 1. The third kappa shape index (κ3) is 2.20. The maximum atomic E-state index is 9.54. The zero-order valence-electron chi connectivity index (χ0n) is 7.27. The summed E-state index contributed by atoms with van der Waals surface area (Å²) in [5.41, 5.74) is 0.736. The molecule has 0 saturated heterocycles. The molecule has 0 aromatic carbocycles. The summed E-state index contributed by atoms with van der Waals surface area (Å²) in [4.78, 5) is 0. The first-order valence-corrected chi connectivity index (χ1v) is 4.02. The Balaban J connectivity index is 2.52. The first-order valence-electron chi connectivity index (χ1n) is 4.02. The molecule has 1 atom stereocenters. The molecule has 0 aliphatic rings. The van der Waals surface area contributed by atoms with Crippen molar-refractivity contribution in [3.8, 4) is 0 Å². The van der Waals surface area contributed by atoms with E-state index in [9.17, 15) is 5.11 Å². The Bertz CT molecular complexity index is 255. The minimum absolute atomic E-state index is 0.454. The molecule has 1 heterocycles. The number of aryl methyl sites for hydroxylation is 1. The summed E-state index contributed by atoms with van der Waals surface area (Å²) in [6.07, 6.45) is 4.68. The highest BCUT2D eigenvalue weighted by molar-refractivity contribution is 5.02. The van der Waals surface area contributed by atoms with Gasteiger partial charge in [-0.25, -0.2) is 0 Å². The van der Waals surface area contributed by atoms with Crippen molar-refractivity contribution in [2.45, 2.75) is 18.9 Å². The molecule has 1 rings (SSSR count). The maximum Gasteiger partial charge on any atom is 0.0981 e. The molecule has 0 aliphatic carbocycles. The molecule has 1 aromatic rings. The van der Waals surface area contributed by atoms with Gasteiger partial charge in [0.1, 0.15) is 0 Å². The third-order valence-electron chi connectivity index (χ3n) is 1.72. The standard InChI is InChI=1S/C9H14N2O/c1-3-4-5-9(12)8-6-7-11(2)10-8/h3,6-7,9,12H,1,4-5H2,2H3. The lowest BCUT2D eigenvalue weighted by molar-refractivity contribution is 0.163. The molecule has 0 fully saturated rings. The van der Waals surface area contributed by atoms with Crippen molar-refractivity contribution in [1.82, 2.24) is 9.78 Å². The van der Waals surface area contributed by atoms with Crippen LogP contribution in [0.5, 0.6) is 0 Å². The summed E-state index contributed by atoms with van der Waals surface area (Å²) < 4.78 is 1.69. The van der Waals surface area contributed by atoms with Gasteiger partial charge in [0.25, 0.3) is 0 Å². The summed E-state index contributed by atoms with van der Waals surface area (Å²) >= 11 is 0. The average molecular weight is 166 g/mol. The first-order chi connectivity index (χ1) is 5.74. The molecular formula is C9H14N2O. The molecule has 66 valence electrons. The Labute approximate surface area is 72.3 Å². The smallest absolute Gasteiger partial charge is 0.0981 e. The molecule has 3 nitrogen and oxygen atoms in total. The fourth-order valence-electron chi connectivity index (χ4n) is 1.03. The van der Waals surface area contributed by atoms with Crippen molar-refractivity contribution >= 4 is 0 Å². The predicted octanol–water partition coefficient (Wildman–Crippen LogP) is 1.42. The Morgan fingerprint density at radius 2 is 2.58 bits per heavy atom. The predicted molar refractivity (Wildman–Crippen MR) is 47.6 cm³/mol. The number of aliphatic hydroxyl groups is 1. The van der Waals surface area contributed by atoms with Gasteiger partial charge in [-0.1, -0.05) is 6.08 Å². The van der Waals surface area contributed by atoms with Gasteiger partial charge in [0.05, 0.1) is 11.8 Å². The molecule has 1 N–H and O–H groups in total. The zero-order valence-corrected chi connectivity index (χ0v) is 7.27. The molecular weight excluding hydrogens is 152 g/mol. The molecule has 0 bridgehead atoms. The van der Waals surface area contributed by atoms with E-state index in [1.807, 2.05) is 19.3 Å². The van der Waals surface area contributed by atoms with Crippen molar-refractivity contribution in [1.29, 1.82) is 0 Å². The van der Waals surface area contributed by atoms with E-state index >= 15 is 0 Å². The van der Waals surface area contributed by atoms with Crippen LogP contribution in [0.3, 0.4) is 0 Å². The summed E-state index contributed by atoms with van der Waals surface area (Å²) in [7, 11) is 1.84. The number of nitrogens with zero attached hydrogens (tertiary/aromatic N) is 2. The quantitative estimate of drug-likeness (QED) is 0.687. The van der Waals surface area contributed by atoms with E-state index in [4.69, 9.17) is 0 Å². The lowest BCUT2D eigenvalue weighted by atomic mass is 10.1. The van der Waals surface area contributed by atoms with Gasteiger partial charge in [-0.2, -0.15) is 5.10 Å². The molecule has 1 unspecified atom stereocenters. The van der Waals surface area contributed by atoms with Gasteiger partial charge in [-0.15, -0.1) is 6.58 Å². The normalized spacial score (nSPS) is 12.8. The molecule has 12 heavy (non-hydrogen) atoms. The van der Waals surface area contributed by atoms with E-state index in [1.165, 1.54) is 0 Å². The van der Waals surface area contributed by atoms with Gasteiger partial charge >= 0.3 is 0 Å². The van der Waals surface area contributed by atoms with E-state index in [0.717, 1.165) is 12.1 Å². The van der Waals surface area contributed by atoms with Crippen LogP contribution in [0.2, 0.25) is 0 Å². The number of aliphatic hydroxyl groups excluding tert-OH is 1. The Hall–Kier alpha value is -1.09. The number of rotatable bonds is 4. The van der Waals surface area contributed by atoms with Gasteiger partial charge in [-0.3, -0.25) is 4.68 Å². The maximum absolute atomic E-state index is 9.54. The van der Waals surface area contributed by atoms with E-state index in [1.54, 1.807) is 10.8 Å². The Kier molecular flexibility index (Phi) is 3.05. The van der Waals surface area contributed by atoms with E-state index in [-0.39, 0.29) is 0 Å². The largest absolute Gasteiger partial charge is 0.387 e. The second-order valence-corrected chi connectivity index (χ2v) is 2.80. The lowest BCUT2D eigenvalue weighted by Crippen LogP contribution is -1.99. The van der Waals surface area contributed by atoms with E-state index in [0.29, 0.717) is 6.42 Å². The van der Waals surface area contributed by atoms with Crippen molar-refractivity contribution in [2.24, 2.45) is 7.05 Å². The first kappa shape index (κ1) is 9.00. The minimum Gasteiger partial charge on any atom is -0.387 e. The summed E-state index contributed by atoms with van der Waals surface area (Å²) in [5, 5.41) is 13.6. The Morgan fingerprint density at radius 3 is 3.08 bits per heavy atom. The highest BCUT2D eigenvalue weighted by Crippen LogP contribution is 2.15. The topological polar surface area (TPSA) is 38.0 Å². The van der Waals surface area contributed by atoms with Gasteiger partial charge in [-0.05, 0) is 18.9 Å². The minimum atomic E-state index is -0.454. The third-order valence-corrected chi connectivity index (χ3v) is 1.72. The van der Waals surface area contributed by atoms with Crippen molar-refractivity contribution < 1.29 is 5.11 Å². The number of hydrogen-bond donors (Lipinski definition) is 1. The van der Waals surface area contributed by atoms with Crippen LogP contribution in [0.4, 0.5) is 0 Å². The van der Waals surface area contributed by atoms with Crippen LogP contribution in [0.25, 0.3) is 0 Å². The Morgan fingerprint density at radius 1 is 1.83 bits per heavy atom. The zero-order chi connectivity index (χ0) is 8.97.